The van der Waals surface area contributed by atoms with Crippen LogP contribution in [0, 0.1) is 0 Å². The topological polar surface area (TPSA) is 63.0 Å². The van der Waals surface area contributed by atoms with Crippen LogP contribution in [-0.2, 0) is 19.0 Å². The quantitative estimate of drug-likeness (QED) is 0.465. The van der Waals surface area contributed by atoms with E-state index in [1.807, 2.05) is 30.3 Å². The highest BCUT2D eigenvalue weighted by atomic mass is 32.1. The van der Waals surface area contributed by atoms with Gasteiger partial charge in [-0.15, -0.1) is 0 Å². The number of benzene rings is 2. The molecule has 0 amide bonds. The first kappa shape index (κ1) is 19.7. The van der Waals surface area contributed by atoms with E-state index < -0.39 is 23.0 Å². The number of halogens is 3. The first-order valence-electron chi connectivity index (χ1n) is 9.71. The van der Waals surface area contributed by atoms with Gasteiger partial charge in [-0.3, -0.25) is 14.9 Å². The maximum Gasteiger partial charge on any atom is 0.433 e. The minimum Gasteiger partial charge on any atom is -0.285 e. The molecule has 0 saturated carbocycles. The Kier molecular flexibility index (Phi) is 4.58. The standard InChI is InChI=1S/C22H17F3N4OS/c1-12(26-15-10-13-6-2-3-7-14(13)11-15)18-19(22(23,24)25)28-29(20(18)30)21-27-16-8-4-5-9-17(16)31-21/h2-9,15,28H,10-11H2,1H3. The van der Waals surface area contributed by atoms with Crippen molar-refractivity contribution in [3.63, 3.8) is 0 Å². The molecule has 0 unspecified atom stereocenters. The van der Waals surface area contributed by atoms with Crippen LogP contribution >= 0.6 is 11.3 Å². The lowest BCUT2D eigenvalue weighted by Crippen LogP contribution is -2.22. The molecule has 0 spiro atoms. The lowest BCUT2D eigenvalue weighted by Gasteiger charge is -2.08. The van der Waals surface area contributed by atoms with Crippen LogP contribution in [0.1, 0.15) is 29.3 Å². The van der Waals surface area contributed by atoms with Gasteiger partial charge in [0.2, 0.25) is 5.13 Å². The van der Waals surface area contributed by atoms with Crippen LogP contribution in [0.25, 0.3) is 15.3 Å². The van der Waals surface area contributed by atoms with Gasteiger partial charge in [0.1, 0.15) is 0 Å². The van der Waals surface area contributed by atoms with E-state index in [0.29, 0.717) is 18.4 Å². The second-order valence-corrected chi connectivity index (χ2v) is 8.52. The molecular formula is C22H17F3N4OS. The Labute approximate surface area is 178 Å². The molecule has 0 saturated heterocycles. The average molecular weight is 442 g/mol. The third kappa shape index (κ3) is 3.48. The van der Waals surface area contributed by atoms with Crippen LogP contribution in [0.15, 0.2) is 58.3 Å². The van der Waals surface area contributed by atoms with Crippen molar-refractivity contribution in [2.45, 2.75) is 32.0 Å². The fourth-order valence-electron chi connectivity index (χ4n) is 4.03. The summed E-state index contributed by atoms with van der Waals surface area (Å²) in [7, 11) is 0. The molecule has 2 aromatic carbocycles. The van der Waals surface area contributed by atoms with Gasteiger partial charge in [0.15, 0.2) is 5.69 Å². The highest BCUT2D eigenvalue weighted by Crippen LogP contribution is 2.32. The summed E-state index contributed by atoms with van der Waals surface area (Å²) in [6.45, 7) is 1.46. The Morgan fingerprint density at radius 1 is 1.13 bits per heavy atom. The molecule has 0 fully saturated rings. The number of aliphatic imine (C=N–C) groups is 1. The minimum atomic E-state index is -4.73. The first-order valence-corrected chi connectivity index (χ1v) is 10.5. The van der Waals surface area contributed by atoms with E-state index in [2.05, 4.69) is 15.1 Å². The number of para-hydroxylation sites is 1. The van der Waals surface area contributed by atoms with Crippen molar-refractivity contribution >= 4 is 27.3 Å². The monoisotopic (exact) mass is 442 g/mol. The molecule has 9 heteroatoms. The first-order chi connectivity index (χ1) is 14.8. The van der Waals surface area contributed by atoms with E-state index in [1.165, 1.54) is 6.92 Å². The Hall–Kier alpha value is -3.20. The molecule has 4 aromatic rings. The summed E-state index contributed by atoms with van der Waals surface area (Å²) in [6.07, 6.45) is -3.44. The number of hydrogen-bond donors (Lipinski definition) is 1. The summed E-state index contributed by atoms with van der Waals surface area (Å²) in [5.41, 5.74) is 0.612. The van der Waals surface area contributed by atoms with Gasteiger partial charge < -0.3 is 0 Å². The number of fused-ring (bicyclic) bond motifs is 2. The molecule has 1 aliphatic rings. The zero-order valence-corrected chi connectivity index (χ0v) is 17.2. The van der Waals surface area contributed by atoms with Gasteiger partial charge in [-0.05, 0) is 43.0 Å². The van der Waals surface area contributed by atoms with Gasteiger partial charge >= 0.3 is 6.18 Å². The molecule has 0 radical (unpaired) electrons. The van der Waals surface area contributed by atoms with Crippen molar-refractivity contribution in [1.29, 1.82) is 0 Å². The van der Waals surface area contributed by atoms with Crippen molar-refractivity contribution in [1.82, 2.24) is 14.8 Å². The molecule has 0 aliphatic heterocycles. The smallest absolute Gasteiger partial charge is 0.285 e. The number of nitrogens with zero attached hydrogens (tertiary/aromatic N) is 3. The molecule has 1 N–H and O–H groups in total. The molecule has 0 atom stereocenters. The van der Waals surface area contributed by atoms with Gasteiger partial charge in [0.25, 0.3) is 5.56 Å². The fraction of sp³-hybridized carbons (Fsp3) is 0.227. The third-order valence-electron chi connectivity index (χ3n) is 5.42. The van der Waals surface area contributed by atoms with Crippen molar-refractivity contribution < 1.29 is 13.2 Å². The second kappa shape index (κ2) is 7.19. The minimum absolute atomic E-state index is 0.0752. The van der Waals surface area contributed by atoms with Gasteiger partial charge in [0.05, 0.1) is 21.8 Å². The fourth-order valence-corrected chi connectivity index (χ4v) is 4.96. The zero-order chi connectivity index (χ0) is 21.8. The van der Waals surface area contributed by atoms with E-state index in [0.717, 1.165) is 31.8 Å². The molecule has 2 heterocycles. The Morgan fingerprint density at radius 3 is 2.42 bits per heavy atom. The summed E-state index contributed by atoms with van der Waals surface area (Å²) in [5, 5.41) is 2.39. The van der Waals surface area contributed by atoms with Crippen molar-refractivity contribution in [3.05, 3.63) is 81.3 Å². The molecule has 5 rings (SSSR count). The number of alkyl halides is 3. The normalized spacial score (nSPS) is 15.0. The van der Waals surface area contributed by atoms with Crippen LogP contribution < -0.4 is 5.56 Å². The number of H-pyrrole nitrogens is 1. The van der Waals surface area contributed by atoms with Crippen LogP contribution in [-0.4, -0.2) is 26.5 Å². The van der Waals surface area contributed by atoms with E-state index in [9.17, 15) is 18.0 Å². The molecular weight excluding hydrogens is 425 g/mol. The number of aromatic amines is 1. The van der Waals surface area contributed by atoms with Crippen LogP contribution in [0.5, 0.6) is 0 Å². The lowest BCUT2D eigenvalue weighted by molar-refractivity contribution is -0.141. The van der Waals surface area contributed by atoms with Gasteiger partial charge in [-0.1, -0.05) is 47.7 Å². The summed E-state index contributed by atoms with van der Waals surface area (Å²) in [5.74, 6) is 0. The Bertz CT molecular complexity index is 1320. The summed E-state index contributed by atoms with van der Waals surface area (Å²) in [6, 6.07) is 14.8. The average Bonchev–Trinajstić information content (AvgIpc) is 3.40. The van der Waals surface area contributed by atoms with Crippen molar-refractivity contribution in [2.24, 2.45) is 4.99 Å². The van der Waals surface area contributed by atoms with Crippen molar-refractivity contribution in [2.75, 3.05) is 0 Å². The predicted octanol–water partition coefficient (Wildman–Crippen LogP) is 4.77. The molecule has 1 aliphatic carbocycles. The van der Waals surface area contributed by atoms with Gasteiger partial charge in [-0.25, -0.2) is 4.98 Å². The van der Waals surface area contributed by atoms with E-state index in [-0.39, 0.29) is 16.9 Å². The molecule has 2 aromatic heterocycles. The molecule has 31 heavy (non-hydrogen) atoms. The highest BCUT2D eigenvalue weighted by Gasteiger charge is 2.39. The van der Waals surface area contributed by atoms with Crippen LogP contribution in [0.3, 0.4) is 0 Å². The highest BCUT2D eigenvalue weighted by molar-refractivity contribution is 7.20. The molecule has 5 nitrogen and oxygen atoms in total. The number of rotatable bonds is 3. The summed E-state index contributed by atoms with van der Waals surface area (Å²) < 4.78 is 43.0. The Morgan fingerprint density at radius 2 is 1.77 bits per heavy atom. The largest absolute Gasteiger partial charge is 0.433 e. The maximum atomic E-state index is 13.8. The Balaban J connectivity index is 1.59. The number of aromatic nitrogens is 3. The number of thiazole rings is 1. The van der Waals surface area contributed by atoms with Gasteiger partial charge in [-0.2, -0.15) is 17.9 Å². The number of hydrogen-bond acceptors (Lipinski definition) is 4. The zero-order valence-electron chi connectivity index (χ0n) is 16.4. The second-order valence-electron chi connectivity index (χ2n) is 7.51. The number of nitrogens with one attached hydrogen (secondary N) is 1. The molecule has 0 bridgehead atoms. The summed E-state index contributed by atoms with van der Waals surface area (Å²) >= 11 is 1.15. The SMILES string of the molecule is CC(=NC1Cc2ccccc2C1)c1c(C(F)(F)F)[nH]n(-c2nc3ccccc3s2)c1=O. The van der Waals surface area contributed by atoms with E-state index in [1.54, 1.807) is 18.2 Å². The lowest BCUT2D eigenvalue weighted by atomic mass is 10.1. The van der Waals surface area contributed by atoms with E-state index in [4.69, 9.17) is 0 Å². The van der Waals surface area contributed by atoms with E-state index >= 15 is 0 Å². The van der Waals surface area contributed by atoms with Gasteiger partial charge in [0, 0.05) is 5.71 Å². The molecule has 158 valence electrons. The summed E-state index contributed by atoms with van der Waals surface area (Å²) in [4.78, 5) is 21.9. The van der Waals surface area contributed by atoms with Crippen LogP contribution in [0.4, 0.5) is 13.2 Å². The maximum absolute atomic E-state index is 13.8. The third-order valence-corrected chi connectivity index (χ3v) is 6.44. The van der Waals surface area contributed by atoms with Crippen molar-refractivity contribution in [3.8, 4) is 5.13 Å². The van der Waals surface area contributed by atoms with Crippen LogP contribution in [0.2, 0.25) is 0 Å². The predicted molar refractivity (Wildman–Crippen MR) is 114 cm³/mol.